The molecule has 0 saturated heterocycles. The molecule has 0 aromatic carbocycles. The molecule has 0 fully saturated rings. The van der Waals surface area contributed by atoms with E-state index in [1.54, 1.807) is 0 Å². The Morgan fingerprint density at radius 1 is 0.273 bits per heavy atom. The minimum absolute atomic E-state index is 0. The fourth-order valence-electron chi connectivity index (χ4n) is 0. The van der Waals surface area contributed by atoms with Crippen molar-refractivity contribution in [1.82, 2.24) is 0 Å². The van der Waals surface area contributed by atoms with Gasteiger partial charge in [-0.2, -0.15) is 0 Å². The summed E-state index contributed by atoms with van der Waals surface area (Å²) in [7, 11) is 0. The van der Waals surface area contributed by atoms with Crippen LogP contribution < -0.4 is 0 Å². The first kappa shape index (κ1) is 495. The van der Waals surface area contributed by atoms with Crippen molar-refractivity contribution < 1.29 is 110 Å². The number of rotatable bonds is 0. The molecule has 2 radical (unpaired) electrons. The van der Waals surface area contributed by atoms with Crippen molar-refractivity contribution in [3.63, 3.8) is 0 Å². The van der Waals surface area contributed by atoms with Gasteiger partial charge in [-0.3, -0.25) is 0 Å². The summed E-state index contributed by atoms with van der Waals surface area (Å²) in [6.45, 7) is 0. The van der Waals surface area contributed by atoms with Crippen molar-refractivity contribution >= 4 is 0 Å². The van der Waals surface area contributed by atoms with Crippen LogP contribution in [0.4, 0.5) is 0 Å². The molecule has 11 heavy (non-hydrogen) atoms. The summed E-state index contributed by atoms with van der Waals surface area (Å²) < 4.78 is 0. The van der Waals surface area contributed by atoms with Crippen LogP contribution >= 0.6 is 0 Å². The van der Waals surface area contributed by atoms with Gasteiger partial charge in [0.15, 0.2) is 0 Å². The van der Waals surface area contributed by atoms with E-state index in [-0.39, 0.29) is 110 Å². The van der Waals surface area contributed by atoms with Gasteiger partial charge in [0.2, 0.25) is 0 Å². The summed E-state index contributed by atoms with van der Waals surface area (Å²) >= 11 is 0. The average molecular weight is 324 g/mol. The topological polar surface area (TPSA) is 200 Å². The quantitative estimate of drug-likeness (QED) is 0.500. The van der Waals surface area contributed by atoms with Gasteiger partial charge in [0.05, 0.1) is 0 Å². The van der Waals surface area contributed by atoms with E-state index in [1.807, 2.05) is 0 Å². The fraction of sp³-hybridized carbons (Fsp3) is 0. The second-order valence-electron chi connectivity index (χ2n) is 0. The predicted molar refractivity (Wildman–Crippen MR) is 4.81 cm³/mol. The molecule has 11 heteroatoms. The maximum atomic E-state index is 0. The Morgan fingerprint density at radius 2 is 0.273 bits per heavy atom. The molecule has 66 valence electrons. The molecule has 0 N–H and O–H groups in total. The smallest absolute Gasteiger partial charge is 2.00 e. The summed E-state index contributed by atoms with van der Waals surface area (Å²) in [6.07, 6.45) is 0. The molecule has 0 aromatic heterocycles. The summed E-state index contributed by atoms with van der Waals surface area (Å²) in [5.41, 5.74) is 0. The molecular weight excluding hydrogens is 324 g/mol. The first-order valence-electron chi connectivity index (χ1n) is 0. The van der Waals surface area contributed by atoms with Gasteiger partial charge in [0, 0.05) is 0 Å². The molecule has 0 heterocycles. The third-order valence-electron chi connectivity index (χ3n) is 0. The van der Waals surface area contributed by atoms with Crippen LogP contribution in [0.3, 0.4) is 0 Å². The van der Waals surface area contributed by atoms with Crippen LogP contribution in [0.25, 0.3) is 0 Å². The first-order chi connectivity index (χ1) is 0. The minimum Gasteiger partial charge on any atom is -2.00 e. The minimum atomic E-state index is 0. The van der Waals surface area contributed by atoms with E-state index in [0.717, 1.165) is 0 Å². The second kappa shape index (κ2) is 383. The van der Waals surface area contributed by atoms with Crippen LogP contribution in [-0.4, -0.2) is 0 Å². The van der Waals surface area contributed by atoms with Crippen LogP contribution in [0.15, 0.2) is 0 Å². The molecular formula is Mn2O7V2. The summed E-state index contributed by atoms with van der Waals surface area (Å²) in [5, 5.41) is 0. The van der Waals surface area contributed by atoms with Gasteiger partial charge in [-0.1, -0.05) is 0 Å². The molecule has 0 unspecified atom stereocenters. The van der Waals surface area contributed by atoms with Gasteiger partial charge >= 0.3 is 71.2 Å². The zero-order valence-electron chi connectivity index (χ0n) is 4.51. The predicted octanol–water partition coefficient (Wildman–Crippen LogP) is -0.842. The van der Waals surface area contributed by atoms with Crippen LogP contribution in [0.1, 0.15) is 0 Å². The van der Waals surface area contributed by atoms with Gasteiger partial charge < -0.3 is 38.3 Å². The molecule has 0 rings (SSSR count). The van der Waals surface area contributed by atoms with Gasteiger partial charge in [0.1, 0.15) is 0 Å². The SMILES string of the molecule is [Mn+2].[Mn+2].[O-2].[O-2].[O-2].[O-2].[O-2].[O-2].[O-2].[V+5].[V+5]. The van der Waals surface area contributed by atoms with Gasteiger partial charge in [-0.25, -0.2) is 0 Å². The second-order valence-corrected chi connectivity index (χ2v) is 0. The Bertz CT molecular complexity index is 14.4. The van der Waals surface area contributed by atoms with E-state index in [1.165, 1.54) is 0 Å². The Kier molecular flexibility index (Phi) is 17200. The molecule has 0 bridgehead atoms. The molecule has 0 aromatic rings. The molecule has 7 nitrogen and oxygen atoms in total. The van der Waals surface area contributed by atoms with Gasteiger partial charge in [-0.05, 0) is 0 Å². The van der Waals surface area contributed by atoms with Crippen molar-refractivity contribution in [2.75, 3.05) is 0 Å². The van der Waals surface area contributed by atoms with Crippen LogP contribution in [0, 0.1) is 0 Å². The van der Waals surface area contributed by atoms with Crippen molar-refractivity contribution in [2.45, 2.75) is 0 Å². The molecule has 0 atom stereocenters. The summed E-state index contributed by atoms with van der Waals surface area (Å²) in [6, 6.07) is 0. The van der Waals surface area contributed by atoms with E-state index in [4.69, 9.17) is 0 Å². The molecule has 0 aliphatic rings. The molecule has 0 aliphatic carbocycles. The molecule has 0 saturated carbocycles. The summed E-state index contributed by atoms with van der Waals surface area (Å²) in [4.78, 5) is 0. The van der Waals surface area contributed by atoms with Crippen molar-refractivity contribution in [1.29, 1.82) is 0 Å². The molecule has 0 spiro atoms. The van der Waals surface area contributed by atoms with Gasteiger partial charge in [-0.15, -0.1) is 0 Å². The Balaban J connectivity index is 0. The zero-order valence-corrected chi connectivity index (χ0v) is 9.66. The van der Waals surface area contributed by atoms with Crippen LogP contribution in [0.5, 0.6) is 0 Å². The van der Waals surface area contributed by atoms with Crippen molar-refractivity contribution in [3.05, 3.63) is 0 Å². The van der Waals surface area contributed by atoms with E-state index in [0.29, 0.717) is 0 Å². The Morgan fingerprint density at radius 3 is 0.273 bits per heavy atom. The third-order valence-corrected chi connectivity index (χ3v) is 0. The zero-order chi connectivity index (χ0) is 0. The van der Waals surface area contributed by atoms with E-state index in [2.05, 4.69) is 0 Å². The Labute approximate surface area is 109 Å². The maximum absolute atomic E-state index is 0. The molecule has 0 amide bonds. The Hall–Kier alpha value is 1.93. The standard InChI is InChI=1S/2Mn.7O.2V/q2*+2;7*-2;2*+5. The van der Waals surface area contributed by atoms with Crippen molar-refractivity contribution in [2.24, 2.45) is 0 Å². The summed E-state index contributed by atoms with van der Waals surface area (Å²) in [5.74, 6) is 0. The number of hydrogen-bond donors (Lipinski definition) is 0. The van der Waals surface area contributed by atoms with Crippen LogP contribution in [-0.2, 0) is 110 Å². The van der Waals surface area contributed by atoms with E-state index < -0.39 is 0 Å². The molecule has 0 aliphatic heterocycles. The van der Waals surface area contributed by atoms with E-state index in [9.17, 15) is 0 Å². The average Bonchev–Trinajstić information content (AvgIpc) is 0. The largest absolute Gasteiger partial charge is 5.00 e. The van der Waals surface area contributed by atoms with Crippen molar-refractivity contribution in [3.8, 4) is 0 Å². The van der Waals surface area contributed by atoms with Crippen LogP contribution in [0.2, 0.25) is 0 Å². The van der Waals surface area contributed by atoms with Gasteiger partial charge in [0.25, 0.3) is 0 Å². The maximum Gasteiger partial charge on any atom is 5.00 e. The fourth-order valence-corrected chi connectivity index (χ4v) is 0. The first-order valence-corrected chi connectivity index (χ1v) is 0. The monoisotopic (exact) mass is 324 g/mol. The number of hydrogen-bond acceptors (Lipinski definition) is 0. The van der Waals surface area contributed by atoms with E-state index >= 15 is 0 Å². The normalized spacial score (nSPS) is 0. The third kappa shape index (κ3) is 316.